The molecule has 110 valence electrons. The van der Waals surface area contributed by atoms with Crippen LogP contribution < -0.4 is 11.1 Å². The molecule has 0 spiro atoms. The molecule has 0 radical (unpaired) electrons. The first-order valence-corrected chi connectivity index (χ1v) is 7.47. The third-order valence-electron chi connectivity index (χ3n) is 4.14. The summed E-state index contributed by atoms with van der Waals surface area (Å²) in [5.41, 5.74) is 7.09. The van der Waals surface area contributed by atoms with Crippen molar-refractivity contribution in [2.75, 3.05) is 26.7 Å². The molecular formula is C16H25N3O. The zero-order valence-electron chi connectivity index (χ0n) is 12.2. The van der Waals surface area contributed by atoms with Gasteiger partial charge in [0, 0.05) is 19.6 Å². The Morgan fingerprint density at radius 3 is 2.85 bits per heavy atom. The highest BCUT2D eigenvalue weighted by Crippen LogP contribution is 2.29. The van der Waals surface area contributed by atoms with E-state index in [1.54, 1.807) is 7.05 Å². The Morgan fingerprint density at radius 1 is 1.45 bits per heavy atom. The van der Waals surface area contributed by atoms with Crippen molar-refractivity contribution in [2.45, 2.75) is 25.3 Å². The van der Waals surface area contributed by atoms with Gasteiger partial charge in [-0.05, 0) is 37.9 Å². The van der Waals surface area contributed by atoms with Gasteiger partial charge in [0.05, 0.1) is 5.92 Å². The Balaban J connectivity index is 2.11. The van der Waals surface area contributed by atoms with E-state index < -0.39 is 0 Å². The first kappa shape index (κ1) is 15.0. The summed E-state index contributed by atoms with van der Waals surface area (Å²) in [5.74, 6) is 0.270. The van der Waals surface area contributed by atoms with Crippen molar-refractivity contribution in [3.8, 4) is 0 Å². The molecule has 1 aliphatic rings. The standard InChI is InChI=1S/C16H25N3O/c1-18-16(20)14-8-5-11-19(12-14)15(9-10-17)13-6-3-2-4-7-13/h2-4,6-7,14-15H,5,8-12,17H2,1H3,(H,18,20). The lowest BCUT2D eigenvalue weighted by atomic mass is 9.93. The molecule has 0 saturated carbocycles. The monoisotopic (exact) mass is 275 g/mol. The number of nitrogens with zero attached hydrogens (tertiary/aromatic N) is 1. The van der Waals surface area contributed by atoms with Crippen LogP contribution in [-0.4, -0.2) is 37.5 Å². The maximum Gasteiger partial charge on any atom is 0.224 e. The predicted octanol–water partition coefficient (Wildman–Crippen LogP) is 1.53. The zero-order valence-corrected chi connectivity index (χ0v) is 12.2. The van der Waals surface area contributed by atoms with E-state index in [1.807, 2.05) is 6.07 Å². The van der Waals surface area contributed by atoms with Crippen LogP contribution in [0, 0.1) is 5.92 Å². The van der Waals surface area contributed by atoms with Crippen LogP contribution in [-0.2, 0) is 4.79 Å². The molecule has 1 saturated heterocycles. The van der Waals surface area contributed by atoms with Crippen molar-refractivity contribution in [3.05, 3.63) is 35.9 Å². The number of likely N-dealkylation sites (tertiary alicyclic amines) is 1. The highest BCUT2D eigenvalue weighted by molar-refractivity contribution is 5.78. The molecule has 1 aromatic carbocycles. The predicted molar refractivity (Wildman–Crippen MR) is 81.2 cm³/mol. The van der Waals surface area contributed by atoms with Gasteiger partial charge in [-0.2, -0.15) is 0 Å². The molecule has 0 aliphatic carbocycles. The lowest BCUT2D eigenvalue weighted by molar-refractivity contribution is -0.126. The molecule has 3 N–H and O–H groups in total. The van der Waals surface area contributed by atoms with Gasteiger partial charge in [0.15, 0.2) is 0 Å². The van der Waals surface area contributed by atoms with Crippen molar-refractivity contribution >= 4 is 5.91 Å². The second-order valence-electron chi connectivity index (χ2n) is 5.45. The summed E-state index contributed by atoms with van der Waals surface area (Å²) >= 11 is 0. The summed E-state index contributed by atoms with van der Waals surface area (Å²) < 4.78 is 0. The Hall–Kier alpha value is -1.39. The van der Waals surface area contributed by atoms with Gasteiger partial charge in [0.1, 0.15) is 0 Å². The van der Waals surface area contributed by atoms with E-state index >= 15 is 0 Å². The summed E-state index contributed by atoms with van der Waals surface area (Å²) in [7, 11) is 1.72. The molecule has 1 amide bonds. The van der Waals surface area contributed by atoms with Crippen LogP contribution >= 0.6 is 0 Å². The Bertz CT molecular complexity index is 421. The largest absolute Gasteiger partial charge is 0.359 e. The zero-order chi connectivity index (χ0) is 14.4. The van der Waals surface area contributed by atoms with Crippen LogP contribution in [0.3, 0.4) is 0 Å². The van der Waals surface area contributed by atoms with Crippen LogP contribution in [0.2, 0.25) is 0 Å². The second-order valence-corrected chi connectivity index (χ2v) is 5.45. The van der Waals surface area contributed by atoms with E-state index in [4.69, 9.17) is 5.73 Å². The summed E-state index contributed by atoms with van der Waals surface area (Å²) in [4.78, 5) is 14.3. The fourth-order valence-electron chi connectivity index (χ4n) is 3.10. The van der Waals surface area contributed by atoms with E-state index in [9.17, 15) is 4.79 Å². The molecule has 2 unspecified atom stereocenters. The molecule has 2 rings (SSSR count). The van der Waals surface area contributed by atoms with Crippen LogP contribution in [0.5, 0.6) is 0 Å². The molecule has 1 aliphatic heterocycles. The van der Waals surface area contributed by atoms with Gasteiger partial charge in [0.2, 0.25) is 5.91 Å². The lowest BCUT2D eigenvalue weighted by Gasteiger charge is -2.38. The summed E-state index contributed by atoms with van der Waals surface area (Å²) in [6, 6.07) is 10.8. The Morgan fingerprint density at radius 2 is 2.20 bits per heavy atom. The van der Waals surface area contributed by atoms with E-state index in [-0.39, 0.29) is 11.8 Å². The number of rotatable bonds is 5. The number of piperidine rings is 1. The van der Waals surface area contributed by atoms with Gasteiger partial charge in [-0.15, -0.1) is 0 Å². The van der Waals surface area contributed by atoms with E-state index in [1.165, 1.54) is 5.56 Å². The molecule has 2 atom stereocenters. The molecule has 1 heterocycles. The van der Waals surface area contributed by atoms with Crippen LogP contribution in [0.1, 0.15) is 30.9 Å². The molecule has 0 bridgehead atoms. The van der Waals surface area contributed by atoms with Crippen molar-refractivity contribution < 1.29 is 4.79 Å². The molecular weight excluding hydrogens is 250 g/mol. The lowest BCUT2D eigenvalue weighted by Crippen LogP contribution is -2.44. The minimum absolute atomic E-state index is 0.109. The normalized spacial score (nSPS) is 21.4. The average Bonchev–Trinajstić information content (AvgIpc) is 2.52. The summed E-state index contributed by atoms with van der Waals surface area (Å²) in [5, 5.41) is 2.78. The van der Waals surface area contributed by atoms with Gasteiger partial charge in [-0.3, -0.25) is 9.69 Å². The summed E-state index contributed by atoms with van der Waals surface area (Å²) in [6.45, 7) is 2.55. The molecule has 0 aromatic heterocycles. The number of hydrogen-bond donors (Lipinski definition) is 2. The maximum atomic E-state index is 11.9. The third-order valence-corrected chi connectivity index (χ3v) is 4.14. The SMILES string of the molecule is CNC(=O)C1CCCN(C(CCN)c2ccccc2)C1. The molecule has 20 heavy (non-hydrogen) atoms. The number of carbonyl (C=O) groups is 1. The van der Waals surface area contributed by atoms with Gasteiger partial charge in [0.25, 0.3) is 0 Å². The van der Waals surface area contributed by atoms with E-state index in [0.717, 1.165) is 32.4 Å². The van der Waals surface area contributed by atoms with Gasteiger partial charge >= 0.3 is 0 Å². The van der Waals surface area contributed by atoms with Crippen LogP contribution in [0.15, 0.2) is 30.3 Å². The molecule has 1 aromatic rings. The Labute approximate surface area is 121 Å². The van der Waals surface area contributed by atoms with E-state index in [0.29, 0.717) is 12.6 Å². The number of amides is 1. The topological polar surface area (TPSA) is 58.4 Å². The van der Waals surface area contributed by atoms with Crippen molar-refractivity contribution in [3.63, 3.8) is 0 Å². The molecule has 4 nitrogen and oxygen atoms in total. The first-order valence-electron chi connectivity index (χ1n) is 7.47. The second kappa shape index (κ2) is 7.41. The van der Waals surface area contributed by atoms with Crippen molar-refractivity contribution in [1.29, 1.82) is 0 Å². The highest BCUT2D eigenvalue weighted by Gasteiger charge is 2.29. The fourth-order valence-corrected chi connectivity index (χ4v) is 3.10. The number of carbonyl (C=O) groups excluding carboxylic acids is 1. The minimum Gasteiger partial charge on any atom is -0.359 e. The number of hydrogen-bond acceptors (Lipinski definition) is 3. The van der Waals surface area contributed by atoms with E-state index in [2.05, 4.69) is 34.5 Å². The smallest absolute Gasteiger partial charge is 0.224 e. The van der Waals surface area contributed by atoms with Gasteiger partial charge in [-0.25, -0.2) is 0 Å². The maximum absolute atomic E-state index is 11.9. The van der Waals surface area contributed by atoms with Crippen LogP contribution in [0.4, 0.5) is 0 Å². The Kier molecular flexibility index (Phi) is 5.56. The van der Waals surface area contributed by atoms with Crippen molar-refractivity contribution in [1.82, 2.24) is 10.2 Å². The molecule has 4 heteroatoms. The fraction of sp³-hybridized carbons (Fsp3) is 0.562. The van der Waals surface area contributed by atoms with Crippen molar-refractivity contribution in [2.24, 2.45) is 11.7 Å². The minimum atomic E-state index is 0.109. The summed E-state index contributed by atoms with van der Waals surface area (Å²) in [6.07, 6.45) is 3.00. The van der Waals surface area contributed by atoms with Gasteiger partial charge < -0.3 is 11.1 Å². The first-order chi connectivity index (χ1) is 9.76. The van der Waals surface area contributed by atoms with Gasteiger partial charge in [-0.1, -0.05) is 30.3 Å². The quantitative estimate of drug-likeness (QED) is 0.857. The molecule has 1 fully saturated rings. The number of nitrogens with one attached hydrogen (secondary N) is 1. The number of nitrogens with two attached hydrogens (primary N) is 1. The van der Waals surface area contributed by atoms with Crippen LogP contribution in [0.25, 0.3) is 0 Å². The average molecular weight is 275 g/mol. The number of benzene rings is 1. The third kappa shape index (κ3) is 3.58. The highest BCUT2D eigenvalue weighted by atomic mass is 16.1.